The molecule has 3 aromatic rings. The number of rotatable bonds is 11. The Morgan fingerprint density at radius 1 is 1.05 bits per heavy atom. The van der Waals surface area contributed by atoms with Gasteiger partial charge in [-0.25, -0.2) is 9.57 Å². The Morgan fingerprint density at radius 2 is 1.76 bits per heavy atom. The fraction of sp³-hybridized carbons (Fsp3) is 0.429. The molecule has 1 aliphatic carbocycles. The lowest BCUT2D eigenvalue weighted by atomic mass is 9.84. The molecule has 5 rings (SSSR count). The molecule has 1 amide bonds. The minimum atomic E-state index is -0.0908. The predicted octanol–water partition coefficient (Wildman–Crippen LogP) is 4.95. The molecule has 9 heteroatoms. The van der Waals surface area contributed by atoms with Crippen molar-refractivity contribution in [2.45, 2.75) is 43.6 Å². The number of benzene rings is 2. The van der Waals surface area contributed by atoms with E-state index in [0.717, 1.165) is 53.7 Å². The van der Waals surface area contributed by atoms with E-state index in [9.17, 15) is 4.79 Å². The summed E-state index contributed by atoms with van der Waals surface area (Å²) in [5.41, 5.74) is 4.31. The summed E-state index contributed by atoms with van der Waals surface area (Å²) >= 11 is 1.02. The van der Waals surface area contributed by atoms with E-state index in [2.05, 4.69) is 43.4 Å². The number of nitrogens with zero attached hydrogens (tertiary/aromatic N) is 3. The molecule has 0 bridgehead atoms. The van der Waals surface area contributed by atoms with Crippen LogP contribution in [-0.2, 0) is 21.1 Å². The summed E-state index contributed by atoms with van der Waals surface area (Å²) in [6, 6.07) is 15.9. The van der Waals surface area contributed by atoms with Crippen molar-refractivity contribution in [2.75, 3.05) is 38.8 Å². The van der Waals surface area contributed by atoms with Crippen molar-refractivity contribution < 1.29 is 18.8 Å². The third-order valence-corrected chi connectivity index (χ3v) is 7.83. The van der Waals surface area contributed by atoms with Gasteiger partial charge >= 0.3 is 0 Å². The van der Waals surface area contributed by atoms with Crippen LogP contribution in [0.2, 0.25) is 0 Å². The van der Waals surface area contributed by atoms with E-state index in [1.165, 1.54) is 25.5 Å². The molecule has 0 atom stereocenters. The van der Waals surface area contributed by atoms with Gasteiger partial charge < -0.3 is 15.0 Å². The highest BCUT2D eigenvalue weighted by molar-refractivity contribution is 7.94. The Bertz CT molecular complexity index is 1240. The van der Waals surface area contributed by atoms with Crippen LogP contribution in [0.3, 0.4) is 0 Å². The number of hydrogen-bond acceptors (Lipinski definition) is 7. The van der Waals surface area contributed by atoms with Crippen LogP contribution >= 0.6 is 12.0 Å². The zero-order valence-corrected chi connectivity index (χ0v) is 22.6. The average Bonchev–Trinajstić information content (AvgIpc) is 3.66. The predicted molar refractivity (Wildman–Crippen MR) is 145 cm³/mol. The fourth-order valence-electron chi connectivity index (χ4n) is 4.72. The summed E-state index contributed by atoms with van der Waals surface area (Å²) in [5.74, 6) is 1.51. The van der Waals surface area contributed by atoms with Gasteiger partial charge in [0.1, 0.15) is 11.4 Å². The number of amides is 1. The number of carbonyl (C=O) groups excluding carboxylic acids is 1. The maximum absolute atomic E-state index is 13.9. The van der Waals surface area contributed by atoms with Gasteiger partial charge in [0.15, 0.2) is 5.03 Å². The maximum Gasteiger partial charge on any atom is 0.277 e. The number of nitrogens with one attached hydrogen (secondary N) is 1. The van der Waals surface area contributed by atoms with Crippen LogP contribution in [0.25, 0.3) is 5.69 Å². The second-order valence-corrected chi connectivity index (χ2v) is 11.0. The van der Waals surface area contributed by atoms with Crippen molar-refractivity contribution in [3.63, 3.8) is 0 Å². The SMILES string of the molecule is COOSc1nn(-c2ccc(OC)cc2)c2c1CCN(c1ccc(C(C)(C)CNCC3CC3)cc1)C2=O. The van der Waals surface area contributed by atoms with Crippen LogP contribution in [0.4, 0.5) is 5.69 Å². The highest BCUT2D eigenvalue weighted by Gasteiger charge is 2.34. The Labute approximate surface area is 222 Å². The first-order valence-corrected chi connectivity index (χ1v) is 13.4. The Morgan fingerprint density at radius 3 is 2.41 bits per heavy atom. The molecule has 8 nitrogen and oxygen atoms in total. The first kappa shape index (κ1) is 25.8. The van der Waals surface area contributed by atoms with Crippen molar-refractivity contribution in [3.05, 3.63) is 65.4 Å². The maximum atomic E-state index is 13.9. The molecule has 2 heterocycles. The highest BCUT2D eigenvalue weighted by atomic mass is 32.2. The van der Waals surface area contributed by atoms with Crippen molar-refractivity contribution >= 4 is 23.6 Å². The summed E-state index contributed by atoms with van der Waals surface area (Å²) in [6.45, 7) is 7.11. The zero-order valence-electron chi connectivity index (χ0n) is 21.8. The molecule has 0 unspecified atom stereocenters. The molecule has 0 radical (unpaired) electrons. The fourth-order valence-corrected chi connectivity index (χ4v) is 5.27. The van der Waals surface area contributed by atoms with E-state index in [-0.39, 0.29) is 11.3 Å². The minimum absolute atomic E-state index is 0.00690. The van der Waals surface area contributed by atoms with Gasteiger partial charge in [-0.3, -0.25) is 4.79 Å². The number of methoxy groups -OCH3 is 1. The number of anilines is 1. The number of hydrogen-bond donors (Lipinski definition) is 1. The van der Waals surface area contributed by atoms with E-state index in [0.29, 0.717) is 23.7 Å². The molecular formula is C28H34N4O4S. The van der Waals surface area contributed by atoms with E-state index < -0.39 is 0 Å². The number of aromatic nitrogens is 2. The Kier molecular flexibility index (Phi) is 7.57. The first-order valence-electron chi connectivity index (χ1n) is 12.7. The average molecular weight is 523 g/mol. The second-order valence-electron chi connectivity index (χ2n) is 10.3. The standard InChI is InChI=1S/C28H34N4O4S/c1-28(2,18-29-17-19-5-6-19)20-7-9-21(10-8-20)31-16-15-24-25(27(31)33)32(30-26(24)37-36-35-4)22-11-13-23(34-3)14-12-22/h7-14,19,29H,5-6,15-18H2,1-4H3. The lowest BCUT2D eigenvalue weighted by molar-refractivity contribution is -0.160. The molecule has 2 aromatic carbocycles. The number of fused-ring (bicyclic) bond motifs is 1. The van der Waals surface area contributed by atoms with Gasteiger partial charge in [0.25, 0.3) is 5.91 Å². The van der Waals surface area contributed by atoms with Crippen molar-refractivity contribution in [3.8, 4) is 11.4 Å². The van der Waals surface area contributed by atoms with E-state index >= 15 is 0 Å². The summed E-state index contributed by atoms with van der Waals surface area (Å²) in [4.78, 5) is 20.5. The summed E-state index contributed by atoms with van der Waals surface area (Å²) in [5, 5.41) is 8.95. The van der Waals surface area contributed by atoms with E-state index in [4.69, 9.17) is 19.1 Å². The smallest absolute Gasteiger partial charge is 0.277 e. The molecule has 0 saturated heterocycles. The van der Waals surface area contributed by atoms with E-state index in [1.54, 1.807) is 11.8 Å². The molecule has 196 valence electrons. The van der Waals surface area contributed by atoms with Crippen molar-refractivity contribution in [1.29, 1.82) is 0 Å². The van der Waals surface area contributed by atoms with Crippen LogP contribution in [-0.4, -0.2) is 49.5 Å². The molecular weight excluding hydrogens is 488 g/mol. The third kappa shape index (κ3) is 5.55. The zero-order chi connectivity index (χ0) is 26.0. The Balaban J connectivity index is 1.40. The molecule has 2 aliphatic rings. The van der Waals surface area contributed by atoms with Gasteiger partial charge in [-0.15, -0.1) is 0 Å². The molecule has 1 fully saturated rings. The molecule has 0 spiro atoms. The van der Waals surface area contributed by atoms with Gasteiger partial charge in [-0.2, -0.15) is 9.43 Å². The molecule has 1 N–H and O–H groups in total. The molecule has 1 aliphatic heterocycles. The van der Waals surface area contributed by atoms with Crippen LogP contribution < -0.4 is 15.0 Å². The van der Waals surface area contributed by atoms with Crippen LogP contribution in [0.15, 0.2) is 53.6 Å². The normalized spacial score (nSPS) is 15.7. The van der Waals surface area contributed by atoms with Gasteiger partial charge in [0, 0.05) is 29.8 Å². The van der Waals surface area contributed by atoms with Crippen molar-refractivity contribution in [1.82, 2.24) is 15.1 Å². The second kappa shape index (κ2) is 10.9. The largest absolute Gasteiger partial charge is 0.497 e. The molecule has 1 aromatic heterocycles. The van der Waals surface area contributed by atoms with Crippen LogP contribution in [0, 0.1) is 5.92 Å². The first-order chi connectivity index (χ1) is 17.9. The number of ether oxygens (including phenoxy) is 1. The molecule has 1 saturated carbocycles. The lowest BCUT2D eigenvalue weighted by Gasteiger charge is -2.29. The van der Waals surface area contributed by atoms with Crippen LogP contribution in [0.1, 0.15) is 48.3 Å². The number of carbonyl (C=O) groups is 1. The minimum Gasteiger partial charge on any atom is -0.497 e. The quantitative estimate of drug-likeness (QED) is 0.217. The molecule has 37 heavy (non-hydrogen) atoms. The van der Waals surface area contributed by atoms with Gasteiger partial charge in [-0.05, 0) is 73.7 Å². The monoisotopic (exact) mass is 522 g/mol. The topological polar surface area (TPSA) is 77.9 Å². The summed E-state index contributed by atoms with van der Waals surface area (Å²) in [7, 11) is 3.07. The highest BCUT2D eigenvalue weighted by Crippen LogP contribution is 2.35. The summed E-state index contributed by atoms with van der Waals surface area (Å²) in [6.07, 6.45) is 3.36. The van der Waals surface area contributed by atoms with Gasteiger partial charge in [0.2, 0.25) is 0 Å². The van der Waals surface area contributed by atoms with E-state index in [1.807, 2.05) is 29.2 Å². The third-order valence-electron chi connectivity index (χ3n) is 7.14. The van der Waals surface area contributed by atoms with Crippen LogP contribution in [0.5, 0.6) is 5.75 Å². The van der Waals surface area contributed by atoms with Crippen molar-refractivity contribution in [2.24, 2.45) is 5.92 Å². The summed E-state index contributed by atoms with van der Waals surface area (Å²) < 4.78 is 12.1. The lowest BCUT2D eigenvalue weighted by Crippen LogP contribution is -2.39. The van der Waals surface area contributed by atoms with Gasteiger partial charge in [-0.1, -0.05) is 26.0 Å². The van der Waals surface area contributed by atoms with Gasteiger partial charge in [0.05, 0.1) is 31.9 Å². The Hall–Kier alpha value is -2.85.